The fourth-order valence-corrected chi connectivity index (χ4v) is 5.20. The molecule has 9 heteroatoms. The second-order valence-electron chi connectivity index (χ2n) is 9.02. The molecule has 4 aromatic rings. The molecular weight excluding hydrogens is 549 g/mol. The van der Waals surface area contributed by atoms with Crippen molar-refractivity contribution in [1.29, 1.82) is 5.26 Å². The number of terminal acetylenes is 1. The lowest BCUT2D eigenvalue weighted by Crippen LogP contribution is -2.47. The van der Waals surface area contributed by atoms with Gasteiger partial charge >= 0.3 is 0 Å². The Morgan fingerprint density at radius 3 is 2.50 bits per heavy atom. The minimum Gasteiger partial charge on any atom is -0.507 e. The summed E-state index contributed by atoms with van der Waals surface area (Å²) in [7, 11) is 0. The highest BCUT2D eigenvalue weighted by atomic mass is 79.9. The van der Waals surface area contributed by atoms with E-state index in [0.717, 1.165) is 11.1 Å². The van der Waals surface area contributed by atoms with Gasteiger partial charge in [0.15, 0.2) is 0 Å². The average molecular weight is 572 g/mol. The predicted molar refractivity (Wildman–Crippen MR) is 148 cm³/mol. The highest BCUT2D eigenvalue weighted by molar-refractivity contribution is 9.10. The van der Waals surface area contributed by atoms with Gasteiger partial charge in [0.25, 0.3) is 5.56 Å². The van der Waals surface area contributed by atoms with Gasteiger partial charge in [-0.2, -0.15) is 5.26 Å². The van der Waals surface area contributed by atoms with Gasteiger partial charge in [0.05, 0.1) is 17.7 Å². The van der Waals surface area contributed by atoms with Crippen LogP contribution >= 0.6 is 15.9 Å². The highest BCUT2D eigenvalue weighted by Gasteiger charge is 2.26. The third-order valence-electron chi connectivity index (χ3n) is 6.77. The molecule has 38 heavy (non-hydrogen) atoms. The van der Waals surface area contributed by atoms with E-state index < -0.39 is 5.56 Å². The topological polar surface area (TPSA) is 85.4 Å². The molecule has 2 aromatic carbocycles. The molecule has 0 saturated carbocycles. The van der Waals surface area contributed by atoms with Crippen molar-refractivity contribution in [2.24, 2.45) is 0 Å². The Labute approximate surface area is 227 Å². The maximum atomic E-state index is 13.4. The van der Waals surface area contributed by atoms with Crippen LogP contribution in [0.5, 0.6) is 5.75 Å². The summed E-state index contributed by atoms with van der Waals surface area (Å²) in [4.78, 5) is 22.0. The lowest BCUT2D eigenvalue weighted by Gasteiger charge is -2.37. The molecule has 0 bridgehead atoms. The molecule has 0 radical (unpaired) electrons. The van der Waals surface area contributed by atoms with E-state index in [1.165, 1.54) is 16.7 Å². The third kappa shape index (κ3) is 4.74. The Kier molecular flexibility index (Phi) is 7.15. The van der Waals surface area contributed by atoms with Crippen molar-refractivity contribution in [3.63, 3.8) is 0 Å². The van der Waals surface area contributed by atoms with E-state index in [-0.39, 0.29) is 23.7 Å². The fraction of sp³-hybridized carbons (Fsp3) is 0.207. The normalized spacial score (nSPS) is 13.8. The number of hydrogen-bond donors (Lipinski definition) is 1. The van der Waals surface area contributed by atoms with Crippen LogP contribution in [-0.4, -0.2) is 45.7 Å². The van der Waals surface area contributed by atoms with Crippen LogP contribution < -0.4 is 10.5 Å². The minimum absolute atomic E-state index is 0.0245. The van der Waals surface area contributed by atoms with Crippen LogP contribution in [0.4, 0.5) is 10.1 Å². The second kappa shape index (κ2) is 10.7. The molecule has 7 nitrogen and oxygen atoms in total. The number of phenols is 1. The molecule has 0 aliphatic carbocycles. The molecule has 0 spiro atoms. The lowest BCUT2D eigenvalue weighted by atomic mass is 10.0. The molecule has 2 aromatic heterocycles. The number of hydrogen-bond acceptors (Lipinski definition) is 6. The number of para-hydroxylation sites is 1. The molecule has 0 atom stereocenters. The van der Waals surface area contributed by atoms with Crippen molar-refractivity contribution in [1.82, 2.24) is 14.5 Å². The fourth-order valence-electron chi connectivity index (χ4n) is 4.89. The summed E-state index contributed by atoms with van der Waals surface area (Å²) in [6, 6.07) is 17.2. The number of benzene rings is 2. The summed E-state index contributed by atoms with van der Waals surface area (Å²) in [5.74, 6) is 2.33. The van der Waals surface area contributed by atoms with Crippen molar-refractivity contribution < 1.29 is 9.50 Å². The molecular formula is C29H23BrFN5O2. The number of aromatic nitrogens is 2. The van der Waals surface area contributed by atoms with E-state index in [9.17, 15) is 19.6 Å². The molecule has 1 N–H and O–H groups in total. The Morgan fingerprint density at radius 1 is 1.08 bits per heavy atom. The van der Waals surface area contributed by atoms with Crippen LogP contribution in [0.3, 0.4) is 0 Å². The number of pyridine rings is 2. The van der Waals surface area contributed by atoms with Gasteiger partial charge in [-0.05, 0) is 45.8 Å². The van der Waals surface area contributed by atoms with Crippen molar-refractivity contribution in [3.8, 4) is 35.3 Å². The molecule has 1 fully saturated rings. The summed E-state index contributed by atoms with van der Waals surface area (Å²) < 4.78 is 15.4. The number of anilines is 1. The Bertz CT molecular complexity index is 1660. The molecule has 1 aliphatic rings. The lowest BCUT2D eigenvalue weighted by molar-refractivity contribution is 0.247. The van der Waals surface area contributed by atoms with E-state index in [1.807, 2.05) is 23.1 Å². The predicted octanol–water partition coefficient (Wildman–Crippen LogP) is 4.50. The van der Waals surface area contributed by atoms with Gasteiger partial charge in [-0.3, -0.25) is 14.3 Å². The number of fused-ring (bicyclic) bond motifs is 1. The quantitative estimate of drug-likeness (QED) is 0.280. The summed E-state index contributed by atoms with van der Waals surface area (Å²) in [6.45, 7) is 2.99. The van der Waals surface area contributed by atoms with Crippen LogP contribution in [0.25, 0.3) is 22.2 Å². The summed E-state index contributed by atoms with van der Waals surface area (Å²) >= 11 is 3.41. The Hall–Kier alpha value is -4.18. The number of nitriles is 1. The van der Waals surface area contributed by atoms with Crippen molar-refractivity contribution >= 4 is 32.7 Å². The monoisotopic (exact) mass is 571 g/mol. The number of halogens is 2. The van der Waals surface area contributed by atoms with Crippen LogP contribution in [0.15, 0.2) is 64.0 Å². The first-order valence-corrected chi connectivity index (χ1v) is 12.8. The van der Waals surface area contributed by atoms with Crippen LogP contribution in [-0.2, 0) is 13.1 Å². The number of aromatic hydroxyl groups is 1. The maximum Gasteiger partial charge on any atom is 0.272 e. The van der Waals surface area contributed by atoms with Crippen LogP contribution in [0, 0.1) is 29.5 Å². The number of piperazine rings is 1. The molecule has 5 rings (SSSR count). The number of nitrogens with zero attached hydrogens (tertiary/aromatic N) is 5. The minimum atomic E-state index is -0.429. The van der Waals surface area contributed by atoms with Gasteiger partial charge in [-0.15, -0.1) is 6.42 Å². The molecule has 190 valence electrons. The first kappa shape index (κ1) is 25.5. The summed E-state index contributed by atoms with van der Waals surface area (Å²) in [5.41, 5.74) is 3.39. The van der Waals surface area contributed by atoms with E-state index in [1.54, 1.807) is 24.3 Å². The van der Waals surface area contributed by atoms with Crippen LogP contribution in [0.1, 0.15) is 11.1 Å². The van der Waals surface area contributed by atoms with Gasteiger partial charge in [0, 0.05) is 43.9 Å². The highest BCUT2D eigenvalue weighted by Crippen LogP contribution is 2.34. The first-order chi connectivity index (χ1) is 18.4. The van der Waals surface area contributed by atoms with Crippen LogP contribution in [0.2, 0.25) is 0 Å². The molecule has 0 unspecified atom stereocenters. The zero-order valence-electron chi connectivity index (χ0n) is 20.4. The molecule has 1 saturated heterocycles. The van der Waals surface area contributed by atoms with Gasteiger partial charge in [0.1, 0.15) is 33.3 Å². The standard InChI is InChI=1S/C29H23BrFN5O2/c1-2-12-36-24-10-11-25(30)33-26(24)27(23(17-32)29(36)38)35-15-13-34(14-16-35)18-20-4-3-5-22(28(20)37)19-6-8-21(31)9-7-19/h1,3-11,37H,12-16,18H2. The van der Waals surface area contributed by atoms with E-state index in [0.29, 0.717) is 59.6 Å². The Morgan fingerprint density at radius 2 is 1.82 bits per heavy atom. The molecule has 3 heterocycles. The summed E-state index contributed by atoms with van der Waals surface area (Å²) in [5, 5.41) is 20.9. The maximum absolute atomic E-state index is 13.4. The van der Waals surface area contributed by atoms with E-state index in [4.69, 9.17) is 6.42 Å². The van der Waals surface area contributed by atoms with Gasteiger partial charge < -0.3 is 10.0 Å². The van der Waals surface area contributed by atoms with Crippen molar-refractivity contribution in [2.75, 3.05) is 31.1 Å². The Balaban J connectivity index is 1.41. The smallest absolute Gasteiger partial charge is 0.272 e. The zero-order valence-corrected chi connectivity index (χ0v) is 21.9. The SMILES string of the molecule is C#CCn1c(=O)c(C#N)c(N2CCN(Cc3cccc(-c4ccc(F)cc4)c3O)CC2)c2nc(Br)ccc21. The average Bonchev–Trinajstić information content (AvgIpc) is 2.92. The third-order valence-corrected chi connectivity index (χ3v) is 7.21. The molecule has 0 amide bonds. The summed E-state index contributed by atoms with van der Waals surface area (Å²) in [6.07, 6.45) is 5.49. The van der Waals surface area contributed by atoms with Gasteiger partial charge in [0.2, 0.25) is 0 Å². The number of rotatable bonds is 5. The second-order valence-corrected chi connectivity index (χ2v) is 9.83. The first-order valence-electron chi connectivity index (χ1n) is 12.0. The van der Waals surface area contributed by atoms with Gasteiger partial charge in [-0.1, -0.05) is 36.3 Å². The van der Waals surface area contributed by atoms with E-state index in [2.05, 4.69) is 37.8 Å². The zero-order chi connectivity index (χ0) is 26.8. The van der Waals surface area contributed by atoms with Crippen molar-refractivity contribution in [2.45, 2.75) is 13.1 Å². The van der Waals surface area contributed by atoms with E-state index >= 15 is 0 Å². The van der Waals surface area contributed by atoms with Gasteiger partial charge in [-0.25, -0.2) is 9.37 Å². The molecule has 1 aliphatic heterocycles. The van der Waals surface area contributed by atoms with Crippen molar-refractivity contribution in [3.05, 3.63) is 86.5 Å². The largest absolute Gasteiger partial charge is 0.507 e. The number of phenolic OH excluding ortho intramolecular Hbond substituents is 1.